The van der Waals surface area contributed by atoms with Crippen LogP contribution in [0.25, 0.3) is 6.08 Å². The highest BCUT2D eigenvalue weighted by Crippen LogP contribution is 2.30. The Hall–Kier alpha value is -3.05. The van der Waals surface area contributed by atoms with Gasteiger partial charge in [0.15, 0.2) is 16.2 Å². The molecule has 0 atom stereocenters. The van der Waals surface area contributed by atoms with E-state index >= 15 is 0 Å². The number of carbonyl (C=O) groups is 2. The van der Waals surface area contributed by atoms with E-state index in [-0.39, 0.29) is 22.8 Å². The number of rotatable bonds is 7. The molecule has 1 heterocycles. The zero-order valence-corrected chi connectivity index (χ0v) is 16.3. The number of hydrogen-bond acceptors (Lipinski definition) is 6. The van der Waals surface area contributed by atoms with Gasteiger partial charge < -0.3 is 19.2 Å². The molecule has 2 rings (SSSR count). The summed E-state index contributed by atoms with van der Waals surface area (Å²) in [5.74, 6) is -0.640. The lowest BCUT2D eigenvalue weighted by atomic mass is 10.1. The number of amides is 1. The fraction of sp³-hybridized carbons (Fsp3) is 0.211. The fourth-order valence-electron chi connectivity index (χ4n) is 2.08. The first-order valence-electron chi connectivity index (χ1n) is 8.04. The molecule has 0 saturated carbocycles. The number of methoxy groups -OCH3 is 1. The Kier molecular flexibility index (Phi) is 7.20. The van der Waals surface area contributed by atoms with Crippen molar-refractivity contribution in [3.8, 4) is 17.6 Å². The third-order valence-electron chi connectivity index (χ3n) is 3.38. The highest BCUT2D eigenvalue weighted by Gasteiger charge is 2.16. The number of halogens is 1. The molecule has 7 nitrogen and oxygen atoms in total. The molecule has 0 radical (unpaired) electrons. The lowest BCUT2D eigenvalue weighted by molar-refractivity contribution is -0.117. The van der Waals surface area contributed by atoms with Crippen LogP contribution >= 0.6 is 15.9 Å². The van der Waals surface area contributed by atoms with Crippen LogP contribution in [0, 0.1) is 11.3 Å². The van der Waals surface area contributed by atoms with Crippen molar-refractivity contribution in [3.05, 3.63) is 51.9 Å². The third-order valence-corrected chi connectivity index (χ3v) is 3.80. The van der Waals surface area contributed by atoms with Crippen molar-refractivity contribution >= 4 is 33.9 Å². The molecule has 0 aliphatic rings. The van der Waals surface area contributed by atoms with Gasteiger partial charge in [-0.25, -0.2) is 4.79 Å². The molecule has 1 N–H and O–H groups in total. The summed E-state index contributed by atoms with van der Waals surface area (Å²) in [6.07, 6.45) is 2.20. The van der Waals surface area contributed by atoms with E-state index in [1.54, 1.807) is 18.2 Å². The zero-order chi connectivity index (χ0) is 19.8. The highest BCUT2D eigenvalue weighted by atomic mass is 79.9. The second-order valence-corrected chi connectivity index (χ2v) is 6.11. The molecule has 0 unspecified atom stereocenters. The highest BCUT2D eigenvalue weighted by molar-refractivity contribution is 9.10. The average molecular weight is 433 g/mol. The monoisotopic (exact) mass is 432 g/mol. The van der Waals surface area contributed by atoms with E-state index in [1.807, 2.05) is 13.0 Å². The summed E-state index contributed by atoms with van der Waals surface area (Å²) in [6.45, 7) is 2.40. The van der Waals surface area contributed by atoms with Gasteiger partial charge in [-0.2, -0.15) is 5.26 Å². The van der Waals surface area contributed by atoms with Crippen LogP contribution in [0.5, 0.6) is 11.5 Å². The van der Waals surface area contributed by atoms with E-state index in [1.165, 1.54) is 25.3 Å². The van der Waals surface area contributed by atoms with E-state index < -0.39 is 11.9 Å². The number of hydrogen-bond donors (Lipinski definition) is 1. The first-order chi connectivity index (χ1) is 13.0. The van der Waals surface area contributed by atoms with Crippen molar-refractivity contribution in [1.29, 1.82) is 5.26 Å². The van der Waals surface area contributed by atoms with Crippen LogP contribution in [-0.2, 0) is 4.79 Å². The Morgan fingerprint density at radius 2 is 2.07 bits per heavy atom. The lowest BCUT2D eigenvalue weighted by Gasteiger charge is -2.09. The molecule has 2 aromatic rings. The van der Waals surface area contributed by atoms with Crippen LogP contribution in [0.2, 0.25) is 0 Å². The van der Waals surface area contributed by atoms with Gasteiger partial charge in [-0.1, -0.05) is 13.0 Å². The quantitative estimate of drug-likeness (QED) is 0.309. The molecule has 140 valence electrons. The van der Waals surface area contributed by atoms with Gasteiger partial charge in [0, 0.05) is 6.54 Å². The SMILES string of the molecule is CCCNC(=O)/C(C#N)=C/c1ccc(OC(=O)c2ccc(Br)o2)c(OC)c1. The Morgan fingerprint density at radius 1 is 1.30 bits per heavy atom. The summed E-state index contributed by atoms with van der Waals surface area (Å²) in [7, 11) is 1.42. The van der Waals surface area contributed by atoms with Crippen molar-refractivity contribution in [2.45, 2.75) is 13.3 Å². The molecule has 0 aliphatic heterocycles. The Morgan fingerprint density at radius 3 is 2.67 bits per heavy atom. The van der Waals surface area contributed by atoms with Gasteiger partial charge in [0.25, 0.3) is 5.91 Å². The lowest BCUT2D eigenvalue weighted by Crippen LogP contribution is -2.25. The standard InChI is InChI=1S/C19H17BrN2O5/c1-3-8-22-18(23)13(11-21)9-12-4-5-14(16(10-12)25-2)27-19(24)15-6-7-17(20)26-15/h4-7,9-10H,3,8H2,1-2H3,(H,22,23)/b13-9+. The molecule has 1 aromatic heterocycles. The van der Waals surface area contributed by atoms with E-state index in [4.69, 9.17) is 13.9 Å². The molecule has 0 aliphatic carbocycles. The van der Waals surface area contributed by atoms with E-state index in [9.17, 15) is 14.9 Å². The van der Waals surface area contributed by atoms with Crippen LogP contribution in [0.15, 0.2) is 45.0 Å². The first-order valence-corrected chi connectivity index (χ1v) is 8.83. The molecular formula is C19H17BrN2O5. The van der Waals surface area contributed by atoms with Crippen LogP contribution in [-0.4, -0.2) is 25.5 Å². The van der Waals surface area contributed by atoms with E-state index in [0.717, 1.165) is 6.42 Å². The summed E-state index contributed by atoms with van der Waals surface area (Å²) < 4.78 is 16.1. The van der Waals surface area contributed by atoms with Crippen LogP contribution < -0.4 is 14.8 Å². The molecule has 0 saturated heterocycles. The average Bonchev–Trinajstić information content (AvgIpc) is 3.11. The summed E-state index contributed by atoms with van der Waals surface area (Å²) >= 11 is 3.12. The van der Waals surface area contributed by atoms with Gasteiger partial charge >= 0.3 is 5.97 Å². The van der Waals surface area contributed by atoms with Gasteiger partial charge in [-0.3, -0.25) is 4.79 Å². The normalized spacial score (nSPS) is 10.8. The summed E-state index contributed by atoms with van der Waals surface area (Å²) in [5, 5.41) is 11.8. The Bertz CT molecular complexity index is 911. The van der Waals surface area contributed by atoms with Crippen molar-refractivity contribution in [3.63, 3.8) is 0 Å². The van der Waals surface area contributed by atoms with Crippen molar-refractivity contribution < 1.29 is 23.5 Å². The molecule has 0 spiro atoms. The smallest absolute Gasteiger partial charge is 0.379 e. The maximum Gasteiger partial charge on any atom is 0.379 e. The van der Waals surface area contributed by atoms with Gasteiger partial charge in [-0.15, -0.1) is 0 Å². The predicted octanol–water partition coefficient (Wildman–Crippen LogP) is 3.70. The summed E-state index contributed by atoms with van der Waals surface area (Å²) in [4.78, 5) is 24.0. The van der Waals surface area contributed by atoms with Gasteiger partial charge in [-0.05, 0) is 58.3 Å². The maximum absolute atomic E-state index is 12.1. The van der Waals surface area contributed by atoms with Gasteiger partial charge in [0.2, 0.25) is 5.76 Å². The zero-order valence-electron chi connectivity index (χ0n) is 14.7. The number of nitriles is 1. The molecule has 0 bridgehead atoms. The maximum atomic E-state index is 12.1. The predicted molar refractivity (Wildman–Crippen MR) is 101 cm³/mol. The van der Waals surface area contributed by atoms with Crippen molar-refractivity contribution in [2.24, 2.45) is 0 Å². The molecule has 1 amide bonds. The number of benzene rings is 1. The van der Waals surface area contributed by atoms with Gasteiger partial charge in [0.05, 0.1) is 7.11 Å². The minimum Gasteiger partial charge on any atom is -0.493 e. The molecule has 1 aromatic carbocycles. The number of nitrogens with one attached hydrogen (secondary N) is 1. The van der Waals surface area contributed by atoms with E-state index in [0.29, 0.717) is 16.8 Å². The first kappa shape index (κ1) is 20.3. The largest absolute Gasteiger partial charge is 0.493 e. The molecule has 8 heteroatoms. The number of nitrogens with zero attached hydrogens (tertiary/aromatic N) is 1. The second-order valence-electron chi connectivity index (χ2n) is 5.33. The van der Waals surface area contributed by atoms with E-state index in [2.05, 4.69) is 21.2 Å². The fourth-order valence-corrected chi connectivity index (χ4v) is 2.39. The van der Waals surface area contributed by atoms with Crippen molar-refractivity contribution in [1.82, 2.24) is 5.32 Å². The number of carbonyl (C=O) groups excluding carboxylic acids is 2. The van der Waals surface area contributed by atoms with Crippen molar-refractivity contribution in [2.75, 3.05) is 13.7 Å². The molecular weight excluding hydrogens is 416 g/mol. The Balaban J connectivity index is 2.22. The number of esters is 1. The third kappa shape index (κ3) is 5.46. The molecule has 0 fully saturated rings. The topological polar surface area (TPSA) is 102 Å². The minimum atomic E-state index is -0.682. The minimum absolute atomic E-state index is 0.0318. The molecule has 27 heavy (non-hydrogen) atoms. The second kappa shape index (κ2) is 9.59. The summed E-state index contributed by atoms with van der Waals surface area (Å²) in [6, 6.07) is 9.61. The number of furan rings is 1. The van der Waals surface area contributed by atoms with Crippen LogP contribution in [0.4, 0.5) is 0 Å². The Labute approximate surface area is 164 Å². The number of ether oxygens (including phenoxy) is 2. The van der Waals surface area contributed by atoms with Crippen LogP contribution in [0.1, 0.15) is 29.5 Å². The summed E-state index contributed by atoms with van der Waals surface area (Å²) in [5.41, 5.74) is 0.520. The van der Waals surface area contributed by atoms with Crippen LogP contribution in [0.3, 0.4) is 0 Å². The van der Waals surface area contributed by atoms with Gasteiger partial charge in [0.1, 0.15) is 11.6 Å².